The van der Waals surface area contributed by atoms with Crippen molar-refractivity contribution >= 4 is 77.4 Å². The predicted molar refractivity (Wildman–Crippen MR) is 349 cm³/mol. The zero-order valence-corrected chi connectivity index (χ0v) is 56.8. The van der Waals surface area contributed by atoms with Crippen LogP contribution in [0, 0.1) is 0 Å². The number of aliphatic hydroxyl groups excluding tert-OH is 3. The predicted octanol–water partition coefficient (Wildman–Crippen LogP) is 10.1. The van der Waals surface area contributed by atoms with Crippen molar-refractivity contribution in [2.24, 2.45) is 0 Å². The fraction of sp³-hybridized carbons (Fsp3) is 0.774. The van der Waals surface area contributed by atoms with Crippen molar-refractivity contribution in [3.8, 4) is 0 Å². The summed E-state index contributed by atoms with van der Waals surface area (Å²) in [4.78, 5) is 59.9. The third kappa shape index (κ3) is 41.3. The summed E-state index contributed by atoms with van der Waals surface area (Å²) in [6.07, 6.45) is 20.2. The van der Waals surface area contributed by atoms with Gasteiger partial charge in [-0.05, 0) is 262 Å². The van der Waals surface area contributed by atoms with Crippen LogP contribution in [0.15, 0.2) is 50.2 Å². The maximum absolute atomic E-state index is 12.0. The van der Waals surface area contributed by atoms with Gasteiger partial charge in [-0.15, -0.1) is 0 Å². The van der Waals surface area contributed by atoms with Gasteiger partial charge in [-0.3, -0.25) is 9.59 Å². The Balaban J connectivity index is 0.000000355. The highest BCUT2D eigenvalue weighted by Crippen LogP contribution is 2.21. The number of carbonyl (C=O) groups excluding carboxylic acids is 4. The number of halogens is 3. The minimum absolute atomic E-state index is 0.196. The Hall–Kier alpha value is -2.90. The molecule has 0 aliphatic carbocycles. The second-order valence-corrected chi connectivity index (χ2v) is 26.3. The number of Topliss-reactive ketones (excluding diaryl/α,β-unsaturated/α-hetero) is 2. The molecule has 2 aromatic heterocycles. The standard InChI is InChI=1S/C15H24BrN3O.C15H30N2O3.C11H19NO3.C10H22N2O.C6H11NO.C5H3Br2N/c16-14-6-3-7-15(18-14)19-10-4-5-13(8-11-19)17-9-1-2-12-20;1-15(2,3)20-14(19)17-10-6-7-13(8-11-17)16-9-4-5-12-18;1-11(2,3)15-10(14)12-7-4-5-9(13)6-8-12;13-9-2-1-7-12-10-4-3-6-11-8-5-10;8-6-2-1-4-7-5-3-6;6-4-2-1-3-5(7)8-4/h3,6-7,13,17,20H,1-2,4-5,8-12H2;13,16,18H,4-12H2,1-3H3;4-8H2,1-3H3;10-13H,1-9H2;7H,1-5H2;1-3H. The fourth-order valence-electron chi connectivity index (χ4n) is 9.51. The Labute approximate surface area is 530 Å². The third-order valence-corrected chi connectivity index (χ3v) is 15.4. The van der Waals surface area contributed by atoms with Gasteiger partial charge in [0.25, 0.3) is 0 Å². The summed E-state index contributed by atoms with van der Waals surface area (Å²) in [5, 5.41) is 43.4. The van der Waals surface area contributed by atoms with Crippen LogP contribution in [-0.2, 0) is 19.1 Å². The lowest BCUT2D eigenvalue weighted by molar-refractivity contribution is -0.119. The molecule has 0 bridgehead atoms. The molecule has 2 amide bonds. The Morgan fingerprint density at radius 3 is 1.50 bits per heavy atom. The van der Waals surface area contributed by atoms with E-state index in [2.05, 4.69) is 95.3 Å². The summed E-state index contributed by atoms with van der Waals surface area (Å²) in [5.74, 6) is 1.72. The lowest BCUT2D eigenvalue weighted by Crippen LogP contribution is -2.38. The van der Waals surface area contributed by atoms with Crippen LogP contribution in [0.25, 0.3) is 0 Å². The lowest BCUT2D eigenvalue weighted by Gasteiger charge is -2.26. The SMILES string of the molecule is Brc1cccc(Br)n1.CC(C)(C)OC(=O)N1CCCC(=O)CC1.CC(C)(C)OC(=O)N1CCCC(NCCCCO)CC1.O=C1CCCNCC1.OCCCCNC1CCCN(c2cccc(Br)n2)CC1.OCCCCNC1CCCNCC1. The zero-order valence-electron chi connectivity index (χ0n) is 52.0. The molecule has 482 valence electrons. The van der Waals surface area contributed by atoms with Gasteiger partial charge in [0, 0.05) is 109 Å². The zero-order chi connectivity index (χ0) is 61.9. The first-order chi connectivity index (χ1) is 40.2. The number of amides is 2. The maximum Gasteiger partial charge on any atom is 0.410 e. The lowest BCUT2D eigenvalue weighted by atomic mass is 10.1. The first-order valence-corrected chi connectivity index (χ1v) is 33.7. The van der Waals surface area contributed by atoms with Crippen LogP contribution < -0.4 is 31.5 Å². The molecule has 0 spiro atoms. The van der Waals surface area contributed by atoms with Crippen LogP contribution in [0.2, 0.25) is 0 Å². The molecule has 5 saturated heterocycles. The Morgan fingerprint density at radius 2 is 0.964 bits per heavy atom. The van der Waals surface area contributed by atoms with Crippen molar-refractivity contribution in [1.82, 2.24) is 46.4 Å². The number of pyridine rings is 2. The summed E-state index contributed by atoms with van der Waals surface area (Å²) >= 11 is 9.88. The van der Waals surface area contributed by atoms with E-state index in [0.717, 1.165) is 175 Å². The van der Waals surface area contributed by atoms with Crippen molar-refractivity contribution in [3.63, 3.8) is 0 Å². The maximum atomic E-state index is 12.0. The van der Waals surface area contributed by atoms with Crippen LogP contribution in [-0.4, -0.2) is 193 Å². The molecule has 7 heterocycles. The van der Waals surface area contributed by atoms with E-state index in [4.69, 9.17) is 24.8 Å². The smallest absolute Gasteiger partial charge is 0.410 e. The first-order valence-electron chi connectivity index (χ1n) is 31.3. The number of aromatic nitrogens is 2. The minimum Gasteiger partial charge on any atom is -0.444 e. The second kappa shape index (κ2) is 47.1. The van der Waals surface area contributed by atoms with Gasteiger partial charge in [0.05, 0.1) is 0 Å². The number of hydrogen-bond acceptors (Lipinski definition) is 17. The molecule has 3 atom stereocenters. The average molecular weight is 1380 g/mol. The van der Waals surface area contributed by atoms with Crippen molar-refractivity contribution in [3.05, 3.63) is 50.2 Å². The summed E-state index contributed by atoms with van der Waals surface area (Å²) in [6, 6.07) is 13.5. The summed E-state index contributed by atoms with van der Waals surface area (Å²) < 4.78 is 13.3. The Kier molecular flexibility index (Phi) is 43.3. The molecule has 0 aromatic carbocycles. The van der Waals surface area contributed by atoms with Gasteiger partial charge in [-0.1, -0.05) is 12.1 Å². The van der Waals surface area contributed by atoms with E-state index in [9.17, 15) is 19.2 Å². The van der Waals surface area contributed by atoms with Crippen LogP contribution in [0.1, 0.15) is 176 Å². The second-order valence-electron chi connectivity index (χ2n) is 23.8. The molecule has 22 heteroatoms. The molecule has 0 radical (unpaired) electrons. The molecule has 5 fully saturated rings. The Morgan fingerprint density at radius 1 is 0.512 bits per heavy atom. The topological polar surface area (TPSA) is 243 Å². The van der Waals surface area contributed by atoms with Gasteiger partial charge in [0.2, 0.25) is 0 Å². The number of rotatable bonds is 16. The monoisotopic (exact) mass is 1370 g/mol. The number of likely N-dealkylation sites (tertiary alicyclic amines) is 2. The highest BCUT2D eigenvalue weighted by molar-refractivity contribution is 9.11. The molecule has 19 nitrogen and oxygen atoms in total. The van der Waals surface area contributed by atoms with E-state index in [1.807, 2.05) is 76.8 Å². The largest absolute Gasteiger partial charge is 0.444 e. The van der Waals surface area contributed by atoms with Gasteiger partial charge in [-0.25, -0.2) is 19.6 Å². The van der Waals surface area contributed by atoms with E-state index in [1.165, 1.54) is 38.6 Å². The van der Waals surface area contributed by atoms with Crippen molar-refractivity contribution in [2.45, 2.75) is 206 Å². The minimum atomic E-state index is -0.465. The quantitative estimate of drug-likeness (QED) is 0.0576. The number of ketones is 2. The highest BCUT2D eigenvalue weighted by atomic mass is 79.9. The first kappa shape index (κ1) is 77.2. The molecule has 3 unspecified atom stereocenters. The van der Waals surface area contributed by atoms with Crippen molar-refractivity contribution in [1.29, 1.82) is 0 Å². The van der Waals surface area contributed by atoms with Crippen molar-refractivity contribution in [2.75, 3.05) is 110 Å². The van der Waals surface area contributed by atoms with Crippen molar-refractivity contribution < 1.29 is 44.0 Å². The third-order valence-electron chi connectivity index (χ3n) is 14.0. The van der Waals surface area contributed by atoms with Crippen LogP contribution in [0.4, 0.5) is 15.4 Å². The molecule has 84 heavy (non-hydrogen) atoms. The van der Waals surface area contributed by atoms with E-state index in [1.54, 1.807) is 4.90 Å². The normalized spacial score (nSPS) is 19.8. The number of nitrogens with one attached hydrogen (secondary N) is 5. The number of aliphatic hydroxyl groups is 3. The molecular formula is C62H109Br3N10O9. The molecular weight excluding hydrogens is 1270 g/mol. The van der Waals surface area contributed by atoms with Gasteiger partial charge < -0.3 is 66.1 Å². The van der Waals surface area contributed by atoms with E-state index < -0.39 is 11.2 Å². The van der Waals surface area contributed by atoms with Gasteiger partial charge in [-0.2, -0.15) is 0 Å². The Bertz CT molecular complexity index is 2020. The summed E-state index contributed by atoms with van der Waals surface area (Å²) in [6.45, 7) is 24.2. The molecule has 5 aliphatic rings. The molecule has 0 saturated carbocycles. The van der Waals surface area contributed by atoms with Gasteiger partial charge in [0.15, 0.2) is 0 Å². The van der Waals surface area contributed by atoms with Crippen LogP contribution in [0.3, 0.4) is 0 Å². The summed E-state index contributed by atoms with van der Waals surface area (Å²) in [7, 11) is 0. The van der Waals surface area contributed by atoms with Crippen LogP contribution >= 0.6 is 47.8 Å². The summed E-state index contributed by atoms with van der Waals surface area (Å²) in [5.41, 5.74) is -0.890. The van der Waals surface area contributed by atoms with Crippen LogP contribution in [0.5, 0.6) is 0 Å². The van der Waals surface area contributed by atoms with E-state index in [0.29, 0.717) is 63.1 Å². The number of ether oxygens (including phenoxy) is 2. The average Bonchev–Trinajstić information content (AvgIpc) is 4.17. The number of unbranched alkanes of at least 4 members (excludes halogenated alkanes) is 3. The fourth-order valence-corrected chi connectivity index (χ4v) is 10.8. The van der Waals surface area contributed by atoms with Gasteiger partial charge >= 0.3 is 12.2 Å². The highest BCUT2D eigenvalue weighted by Gasteiger charge is 2.26. The number of carbonyl (C=O) groups is 4. The van der Waals surface area contributed by atoms with E-state index >= 15 is 0 Å². The molecule has 7 rings (SSSR count). The number of hydrogen-bond donors (Lipinski definition) is 8. The number of nitrogens with zero attached hydrogens (tertiary/aromatic N) is 5. The molecule has 8 N–H and O–H groups in total. The molecule has 2 aromatic rings. The van der Waals surface area contributed by atoms with E-state index in [-0.39, 0.29) is 24.6 Å². The number of anilines is 1. The molecule has 5 aliphatic heterocycles. The van der Waals surface area contributed by atoms with Gasteiger partial charge in [0.1, 0.15) is 42.4 Å².